The van der Waals surface area contributed by atoms with Crippen LogP contribution in [0.2, 0.25) is 0 Å². The van der Waals surface area contributed by atoms with E-state index in [0.29, 0.717) is 26.2 Å². The first-order chi connectivity index (χ1) is 18.3. The standard InChI is InChI=1S/C26H35N3O10/c1-26(2,3)39-25(36)27-8-6-18(7-9-27)28-10-11-29(22(31)14-28)13-19(30)17-4-5-20(37-15-23(32)33)21(12-17)38-16-24(34)35/h4-5,12,18H,6-11,13-16H2,1-3H3,(H,32,33)(H,34,35). The highest BCUT2D eigenvalue weighted by Gasteiger charge is 2.34. The molecule has 0 spiro atoms. The Morgan fingerprint density at radius 3 is 2.10 bits per heavy atom. The van der Waals surface area contributed by atoms with Crippen molar-refractivity contribution < 1.29 is 48.4 Å². The topological polar surface area (TPSA) is 163 Å². The lowest BCUT2D eigenvalue weighted by atomic mass is 10.0. The van der Waals surface area contributed by atoms with Gasteiger partial charge in [-0.1, -0.05) is 0 Å². The molecule has 0 bridgehead atoms. The van der Waals surface area contributed by atoms with Crippen LogP contribution in [0.1, 0.15) is 44.0 Å². The van der Waals surface area contributed by atoms with Gasteiger partial charge in [0.05, 0.1) is 13.1 Å². The molecule has 2 aliphatic heterocycles. The number of benzene rings is 1. The lowest BCUT2D eigenvalue weighted by molar-refractivity contribution is -0.140. The number of nitrogens with zero attached hydrogens (tertiary/aromatic N) is 3. The Balaban J connectivity index is 1.54. The lowest BCUT2D eigenvalue weighted by Crippen LogP contribution is -2.56. The van der Waals surface area contributed by atoms with Gasteiger partial charge in [-0.05, 0) is 51.8 Å². The van der Waals surface area contributed by atoms with Crippen LogP contribution >= 0.6 is 0 Å². The summed E-state index contributed by atoms with van der Waals surface area (Å²) in [6.45, 7) is 6.13. The van der Waals surface area contributed by atoms with E-state index in [2.05, 4.69) is 4.90 Å². The summed E-state index contributed by atoms with van der Waals surface area (Å²) in [5, 5.41) is 17.7. The van der Waals surface area contributed by atoms with E-state index < -0.39 is 30.8 Å². The molecule has 0 saturated carbocycles. The maximum Gasteiger partial charge on any atom is 0.410 e. The number of hydrogen-bond acceptors (Lipinski definition) is 9. The fraction of sp³-hybridized carbons (Fsp3) is 0.577. The van der Waals surface area contributed by atoms with E-state index in [0.717, 1.165) is 12.8 Å². The number of hydrogen-bond donors (Lipinski definition) is 2. The second kappa shape index (κ2) is 12.8. The van der Waals surface area contributed by atoms with Gasteiger partial charge in [0, 0.05) is 37.8 Å². The zero-order valence-corrected chi connectivity index (χ0v) is 22.4. The largest absolute Gasteiger partial charge is 0.479 e. The summed E-state index contributed by atoms with van der Waals surface area (Å²) in [7, 11) is 0. The molecule has 3 rings (SSSR count). The number of amides is 2. The van der Waals surface area contributed by atoms with Crippen molar-refractivity contribution in [3.8, 4) is 11.5 Å². The van der Waals surface area contributed by atoms with Crippen molar-refractivity contribution in [1.82, 2.24) is 14.7 Å². The molecule has 0 aromatic heterocycles. The Hall–Kier alpha value is -3.87. The summed E-state index contributed by atoms with van der Waals surface area (Å²) in [6, 6.07) is 4.17. The number of carbonyl (C=O) groups excluding carboxylic acids is 3. The molecule has 0 atom stereocenters. The molecule has 1 aromatic carbocycles. The van der Waals surface area contributed by atoms with Crippen LogP contribution in [0, 0.1) is 0 Å². The summed E-state index contributed by atoms with van der Waals surface area (Å²) in [5.74, 6) is -3.16. The van der Waals surface area contributed by atoms with Gasteiger partial charge >= 0.3 is 18.0 Å². The zero-order valence-electron chi connectivity index (χ0n) is 22.4. The highest BCUT2D eigenvalue weighted by molar-refractivity contribution is 6.00. The van der Waals surface area contributed by atoms with Crippen molar-refractivity contribution in [3.05, 3.63) is 23.8 Å². The first-order valence-electron chi connectivity index (χ1n) is 12.7. The molecule has 2 aliphatic rings. The molecule has 0 radical (unpaired) electrons. The number of piperazine rings is 1. The smallest absolute Gasteiger partial charge is 0.410 e. The van der Waals surface area contributed by atoms with Gasteiger partial charge in [0.15, 0.2) is 30.5 Å². The number of carbonyl (C=O) groups is 5. The zero-order chi connectivity index (χ0) is 28.7. The third kappa shape index (κ3) is 8.84. The SMILES string of the molecule is CC(C)(C)OC(=O)N1CCC(N2CCN(CC(=O)c3ccc(OCC(=O)O)c(OCC(=O)O)c3)C(=O)C2)CC1. The molecular formula is C26H35N3O10. The molecule has 13 nitrogen and oxygen atoms in total. The maximum absolute atomic E-state index is 12.9. The van der Waals surface area contributed by atoms with Crippen molar-refractivity contribution in [1.29, 1.82) is 0 Å². The van der Waals surface area contributed by atoms with Crippen molar-refractivity contribution in [2.45, 2.75) is 45.3 Å². The molecular weight excluding hydrogens is 514 g/mol. The van der Waals surface area contributed by atoms with Crippen LogP contribution in [0.5, 0.6) is 11.5 Å². The minimum atomic E-state index is -1.25. The van der Waals surface area contributed by atoms with E-state index in [1.54, 1.807) is 4.90 Å². The highest BCUT2D eigenvalue weighted by atomic mass is 16.6. The van der Waals surface area contributed by atoms with E-state index in [1.807, 2.05) is 20.8 Å². The van der Waals surface area contributed by atoms with Crippen molar-refractivity contribution in [2.75, 3.05) is 52.5 Å². The lowest BCUT2D eigenvalue weighted by Gasteiger charge is -2.42. The van der Waals surface area contributed by atoms with Gasteiger partial charge in [0.25, 0.3) is 0 Å². The number of carboxylic acid groups (broad SMARTS) is 2. The normalized spacial score (nSPS) is 17.1. The van der Waals surface area contributed by atoms with Gasteiger partial charge < -0.3 is 34.2 Å². The highest BCUT2D eigenvalue weighted by Crippen LogP contribution is 2.29. The van der Waals surface area contributed by atoms with Crippen LogP contribution in [-0.4, -0.2) is 119 Å². The number of carboxylic acids is 2. The van der Waals surface area contributed by atoms with Crippen LogP contribution in [0.3, 0.4) is 0 Å². The van der Waals surface area contributed by atoms with E-state index >= 15 is 0 Å². The van der Waals surface area contributed by atoms with Gasteiger partial charge in [-0.3, -0.25) is 14.5 Å². The number of ketones is 1. The number of ether oxygens (including phenoxy) is 3. The quantitative estimate of drug-likeness (QED) is 0.405. The molecule has 2 heterocycles. The number of Topliss-reactive ketones (excluding diaryl/α,β-unsaturated/α-hetero) is 1. The number of piperidine rings is 1. The summed E-state index contributed by atoms with van der Waals surface area (Å²) in [4.78, 5) is 65.1. The van der Waals surface area contributed by atoms with Crippen LogP contribution in [0.25, 0.3) is 0 Å². The molecule has 2 N–H and O–H groups in total. The minimum absolute atomic E-state index is 0.0161. The molecule has 1 aromatic rings. The van der Waals surface area contributed by atoms with Gasteiger partial charge in [-0.15, -0.1) is 0 Å². The molecule has 214 valence electrons. The van der Waals surface area contributed by atoms with Crippen molar-refractivity contribution >= 4 is 29.7 Å². The number of aliphatic carboxylic acids is 2. The van der Waals surface area contributed by atoms with Crippen LogP contribution in [-0.2, 0) is 19.1 Å². The van der Waals surface area contributed by atoms with Crippen LogP contribution in [0.15, 0.2) is 18.2 Å². The predicted molar refractivity (Wildman–Crippen MR) is 136 cm³/mol. The molecule has 13 heteroatoms. The second-order valence-corrected chi connectivity index (χ2v) is 10.4. The molecule has 0 aliphatic carbocycles. The Bertz CT molecular complexity index is 1090. The first kappa shape index (κ1) is 29.7. The van der Waals surface area contributed by atoms with Gasteiger partial charge in [-0.2, -0.15) is 0 Å². The summed E-state index contributed by atoms with van der Waals surface area (Å²) in [5.41, 5.74) is -0.389. The minimum Gasteiger partial charge on any atom is -0.479 e. The Morgan fingerprint density at radius 1 is 0.923 bits per heavy atom. The Morgan fingerprint density at radius 2 is 1.54 bits per heavy atom. The Labute approximate surface area is 226 Å². The van der Waals surface area contributed by atoms with Crippen LogP contribution < -0.4 is 9.47 Å². The fourth-order valence-electron chi connectivity index (χ4n) is 4.40. The van der Waals surface area contributed by atoms with Gasteiger partial charge in [0.1, 0.15) is 5.60 Å². The van der Waals surface area contributed by atoms with Crippen molar-refractivity contribution in [3.63, 3.8) is 0 Å². The summed E-state index contributed by atoms with van der Waals surface area (Å²) >= 11 is 0. The third-order valence-electron chi connectivity index (χ3n) is 6.28. The maximum atomic E-state index is 12.9. The molecule has 2 amide bonds. The fourth-order valence-corrected chi connectivity index (χ4v) is 4.40. The van der Waals surface area contributed by atoms with E-state index in [4.69, 9.17) is 24.4 Å². The average molecular weight is 550 g/mol. The van der Waals surface area contributed by atoms with Crippen molar-refractivity contribution in [2.24, 2.45) is 0 Å². The monoisotopic (exact) mass is 549 g/mol. The predicted octanol–water partition coefficient (Wildman–Crippen LogP) is 1.34. The number of likely N-dealkylation sites (tertiary alicyclic amines) is 1. The molecule has 2 saturated heterocycles. The molecule has 39 heavy (non-hydrogen) atoms. The van der Waals surface area contributed by atoms with E-state index in [-0.39, 0.29) is 54.0 Å². The third-order valence-corrected chi connectivity index (χ3v) is 6.28. The second-order valence-electron chi connectivity index (χ2n) is 10.4. The summed E-state index contributed by atoms with van der Waals surface area (Å²) < 4.78 is 15.7. The molecule has 2 fully saturated rings. The van der Waals surface area contributed by atoms with E-state index in [9.17, 15) is 24.0 Å². The first-order valence-corrected chi connectivity index (χ1v) is 12.7. The van der Waals surface area contributed by atoms with E-state index in [1.165, 1.54) is 23.1 Å². The van der Waals surface area contributed by atoms with Crippen LogP contribution in [0.4, 0.5) is 4.79 Å². The number of rotatable bonds is 10. The Kier molecular flexibility index (Phi) is 9.73. The summed E-state index contributed by atoms with van der Waals surface area (Å²) in [6.07, 6.45) is 1.11. The molecule has 0 unspecified atom stereocenters. The van der Waals surface area contributed by atoms with Gasteiger partial charge in [-0.25, -0.2) is 14.4 Å². The van der Waals surface area contributed by atoms with Gasteiger partial charge in [0.2, 0.25) is 5.91 Å². The average Bonchev–Trinajstić information content (AvgIpc) is 2.86.